The highest BCUT2D eigenvalue weighted by atomic mass is 28.4. The lowest BCUT2D eigenvalue weighted by atomic mass is 10.0. The number of carbonyl (C=O) groups excluding carboxylic acids is 2. The van der Waals surface area contributed by atoms with Crippen LogP contribution in [-0.4, -0.2) is 39.6 Å². The number of carbonyl (C=O) groups is 2. The molecule has 1 unspecified atom stereocenters. The molecule has 0 saturated heterocycles. The van der Waals surface area contributed by atoms with E-state index < -0.39 is 14.4 Å². The predicted octanol–water partition coefficient (Wildman–Crippen LogP) is 12.3. The molecule has 5 nitrogen and oxygen atoms in total. The van der Waals surface area contributed by atoms with Crippen LogP contribution in [0.2, 0.25) is 19.6 Å². The Kier molecular flexibility index (Phi) is 31.4. The molecule has 44 heavy (non-hydrogen) atoms. The molecule has 262 valence electrons. The monoisotopic (exact) mass is 641 g/mol. The van der Waals surface area contributed by atoms with Crippen LogP contribution in [0.1, 0.15) is 194 Å². The highest BCUT2D eigenvalue weighted by Crippen LogP contribution is 2.15. The van der Waals surface area contributed by atoms with Crippen molar-refractivity contribution in [1.29, 1.82) is 0 Å². The van der Waals surface area contributed by atoms with Crippen LogP contribution in [0.4, 0.5) is 0 Å². The number of ether oxygens (including phenoxy) is 2. The van der Waals surface area contributed by atoms with Crippen LogP contribution in [0.3, 0.4) is 0 Å². The van der Waals surface area contributed by atoms with Crippen molar-refractivity contribution >= 4 is 20.3 Å². The molecule has 0 aliphatic rings. The minimum absolute atomic E-state index is 0.0894. The standard InChI is InChI=1S/C38H76O5Si/c1-6-8-10-12-14-16-18-20-22-24-26-28-30-32-37(39)41-34-36(35-42-44(3,4)5)43-38(40)33-31-29-27-25-23-21-19-17-15-13-11-9-7-2/h36H,6-35H2,1-5H3. The van der Waals surface area contributed by atoms with Crippen LogP contribution < -0.4 is 0 Å². The first kappa shape index (κ1) is 43.1. The zero-order valence-electron chi connectivity index (χ0n) is 30.3. The minimum Gasteiger partial charge on any atom is -0.462 e. The average Bonchev–Trinajstić information content (AvgIpc) is 2.98. The molecule has 0 fully saturated rings. The van der Waals surface area contributed by atoms with E-state index in [0.29, 0.717) is 19.4 Å². The highest BCUT2D eigenvalue weighted by Gasteiger charge is 2.22. The van der Waals surface area contributed by atoms with Crippen LogP contribution >= 0.6 is 0 Å². The Labute approximate surface area is 275 Å². The summed E-state index contributed by atoms with van der Waals surface area (Å²) >= 11 is 0. The van der Waals surface area contributed by atoms with Crippen molar-refractivity contribution in [2.45, 2.75) is 219 Å². The summed E-state index contributed by atoms with van der Waals surface area (Å²) in [6.45, 7) is 11.3. The highest BCUT2D eigenvalue weighted by molar-refractivity contribution is 6.69. The van der Waals surface area contributed by atoms with Crippen LogP contribution in [-0.2, 0) is 23.5 Å². The Balaban J connectivity index is 3.93. The summed E-state index contributed by atoms with van der Waals surface area (Å²) in [7, 11) is -1.77. The molecule has 0 amide bonds. The molecule has 0 aromatic carbocycles. The predicted molar refractivity (Wildman–Crippen MR) is 191 cm³/mol. The maximum Gasteiger partial charge on any atom is 0.306 e. The van der Waals surface area contributed by atoms with Crippen molar-refractivity contribution in [1.82, 2.24) is 0 Å². The van der Waals surface area contributed by atoms with Crippen molar-refractivity contribution in [3.8, 4) is 0 Å². The number of esters is 2. The number of hydrogen-bond donors (Lipinski definition) is 0. The zero-order chi connectivity index (χ0) is 32.6. The van der Waals surface area contributed by atoms with Gasteiger partial charge >= 0.3 is 11.9 Å². The van der Waals surface area contributed by atoms with E-state index in [2.05, 4.69) is 33.5 Å². The largest absolute Gasteiger partial charge is 0.462 e. The summed E-state index contributed by atoms with van der Waals surface area (Å²) in [4.78, 5) is 24.9. The van der Waals surface area contributed by atoms with E-state index in [1.165, 1.54) is 141 Å². The summed E-state index contributed by atoms with van der Waals surface area (Å²) in [5.41, 5.74) is 0. The van der Waals surface area contributed by atoms with Crippen LogP contribution in [0, 0.1) is 0 Å². The van der Waals surface area contributed by atoms with Crippen LogP contribution in [0.15, 0.2) is 0 Å². The molecular weight excluding hydrogens is 564 g/mol. The molecule has 0 rings (SSSR count). The second-order valence-corrected chi connectivity index (χ2v) is 18.7. The van der Waals surface area contributed by atoms with Gasteiger partial charge in [-0.2, -0.15) is 0 Å². The summed E-state index contributed by atoms with van der Waals surface area (Å²) in [6.07, 6.45) is 33.7. The molecule has 0 aromatic rings. The number of hydrogen-bond acceptors (Lipinski definition) is 5. The SMILES string of the molecule is CCCCCCCCCCCCCCCC(=O)OCC(CO[Si](C)(C)C)OC(=O)CCCCCCCCCCCCCCC. The Morgan fingerprint density at radius 1 is 0.455 bits per heavy atom. The molecule has 0 heterocycles. The smallest absolute Gasteiger partial charge is 0.306 e. The second kappa shape index (κ2) is 32.1. The van der Waals surface area contributed by atoms with Gasteiger partial charge in [0, 0.05) is 12.8 Å². The first-order chi connectivity index (χ1) is 21.3. The lowest BCUT2D eigenvalue weighted by Crippen LogP contribution is -2.35. The van der Waals surface area contributed by atoms with E-state index in [-0.39, 0.29) is 18.5 Å². The van der Waals surface area contributed by atoms with E-state index in [1.54, 1.807) is 0 Å². The van der Waals surface area contributed by atoms with Gasteiger partial charge in [0.15, 0.2) is 14.4 Å². The van der Waals surface area contributed by atoms with E-state index >= 15 is 0 Å². The molecule has 0 aliphatic carbocycles. The van der Waals surface area contributed by atoms with Crippen LogP contribution in [0.5, 0.6) is 0 Å². The van der Waals surface area contributed by atoms with Gasteiger partial charge < -0.3 is 13.9 Å². The van der Waals surface area contributed by atoms with Gasteiger partial charge in [-0.15, -0.1) is 0 Å². The van der Waals surface area contributed by atoms with E-state index in [0.717, 1.165) is 25.7 Å². The summed E-state index contributed by atoms with van der Waals surface area (Å²) < 4.78 is 17.2. The maximum atomic E-state index is 12.5. The van der Waals surface area contributed by atoms with Crippen molar-refractivity contribution < 1.29 is 23.5 Å². The van der Waals surface area contributed by atoms with Crippen molar-refractivity contribution in [3.63, 3.8) is 0 Å². The average molecular weight is 641 g/mol. The van der Waals surface area contributed by atoms with Crippen LogP contribution in [0.25, 0.3) is 0 Å². The zero-order valence-corrected chi connectivity index (χ0v) is 31.3. The Hall–Kier alpha value is -0.883. The molecule has 0 aromatic heterocycles. The molecule has 0 bridgehead atoms. The number of rotatable bonds is 34. The topological polar surface area (TPSA) is 61.8 Å². The fourth-order valence-electron chi connectivity index (χ4n) is 5.54. The van der Waals surface area contributed by atoms with Gasteiger partial charge in [-0.1, -0.05) is 168 Å². The van der Waals surface area contributed by atoms with E-state index in [9.17, 15) is 9.59 Å². The Bertz CT molecular complexity index is 633. The first-order valence-electron chi connectivity index (χ1n) is 19.3. The van der Waals surface area contributed by atoms with Crippen molar-refractivity contribution in [3.05, 3.63) is 0 Å². The van der Waals surface area contributed by atoms with Crippen molar-refractivity contribution in [2.24, 2.45) is 0 Å². The third kappa shape index (κ3) is 34.0. The molecule has 0 saturated carbocycles. The first-order valence-corrected chi connectivity index (χ1v) is 22.7. The molecular formula is C38H76O5Si. The summed E-state index contributed by atoms with van der Waals surface area (Å²) in [6, 6.07) is 0. The number of unbranched alkanes of at least 4 members (excludes halogenated alkanes) is 24. The van der Waals surface area contributed by atoms with Gasteiger partial charge in [0.1, 0.15) is 6.61 Å². The van der Waals surface area contributed by atoms with E-state index in [4.69, 9.17) is 13.9 Å². The molecule has 0 N–H and O–H groups in total. The fraction of sp³-hybridized carbons (Fsp3) is 0.947. The summed E-state index contributed by atoms with van der Waals surface area (Å²) in [5.74, 6) is -0.400. The van der Waals surface area contributed by atoms with Gasteiger partial charge in [0.2, 0.25) is 0 Å². The third-order valence-electron chi connectivity index (χ3n) is 8.40. The molecule has 0 spiro atoms. The fourth-order valence-corrected chi connectivity index (χ4v) is 6.22. The normalized spacial score (nSPS) is 12.4. The van der Waals surface area contributed by atoms with Gasteiger partial charge in [0.25, 0.3) is 0 Å². The van der Waals surface area contributed by atoms with E-state index in [1.807, 2.05) is 0 Å². The molecule has 0 aliphatic heterocycles. The van der Waals surface area contributed by atoms with Crippen molar-refractivity contribution in [2.75, 3.05) is 13.2 Å². The second-order valence-electron chi connectivity index (χ2n) is 14.2. The quantitative estimate of drug-likeness (QED) is 0.0398. The Morgan fingerprint density at radius 2 is 0.773 bits per heavy atom. The summed E-state index contributed by atoms with van der Waals surface area (Å²) in [5, 5.41) is 0. The molecule has 0 radical (unpaired) electrons. The third-order valence-corrected chi connectivity index (χ3v) is 9.43. The Morgan fingerprint density at radius 3 is 1.11 bits per heavy atom. The maximum absolute atomic E-state index is 12.5. The lowest BCUT2D eigenvalue weighted by Gasteiger charge is -2.23. The lowest BCUT2D eigenvalue weighted by molar-refractivity contribution is -0.161. The minimum atomic E-state index is -1.77. The molecule has 6 heteroatoms. The molecule has 1 atom stereocenters. The van der Waals surface area contributed by atoms with Gasteiger partial charge in [-0.05, 0) is 32.5 Å². The van der Waals surface area contributed by atoms with Gasteiger partial charge in [-0.25, -0.2) is 0 Å². The van der Waals surface area contributed by atoms with Gasteiger partial charge in [0.05, 0.1) is 6.61 Å². The van der Waals surface area contributed by atoms with Gasteiger partial charge in [-0.3, -0.25) is 9.59 Å².